The number of nitro groups is 1. The van der Waals surface area contributed by atoms with Gasteiger partial charge in [0, 0.05) is 31.3 Å². The molecule has 1 aliphatic heterocycles. The van der Waals surface area contributed by atoms with E-state index >= 15 is 0 Å². The Hall–Kier alpha value is -1.42. The number of hydrogen-bond donors (Lipinski definition) is 1. The van der Waals surface area contributed by atoms with Crippen LogP contribution < -0.4 is 10.5 Å². The molecule has 1 heterocycles. The molecule has 1 aromatic carbocycles. The maximum absolute atomic E-state index is 12.5. The van der Waals surface area contributed by atoms with Crippen LogP contribution in [-0.2, 0) is 10.0 Å². The minimum atomic E-state index is -3.85. The quantitative estimate of drug-likeness (QED) is 0.640. The highest BCUT2D eigenvalue weighted by atomic mass is 35.5. The maximum Gasteiger partial charge on any atom is 0.271 e. The van der Waals surface area contributed by atoms with Crippen LogP contribution in [0.4, 0.5) is 5.69 Å². The third-order valence-electron chi connectivity index (χ3n) is 3.16. The van der Waals surface area contributed by atoms with Crippen LogP contribution in [0.5, 0.6) is 5.75 Å². The molecule has 0 radical (unpaired) electrons. The standard InChI is InChI=1S/C11H15N3O5S.ClH/c1-19-10-3-2-9(14(15)16)6-11(10)20(17,18)13-5-4-8(12)7-13;/h2-3,6,8H,4-5,7,12H2,1H3;1H. The largest absolute Gasteiger partial charge is 0.495 e. The van der Waals surface area contributed by atoms with E-state index < -0.39 is 14.9 Å². The Morgan fingerprint density at radius 3 is 2.62 bits per heavy atom. The first-order valence-corrected chi connectivity index (χ1v) is 7.38. The zero-order chi connectivity index (χ0) is 14.9. The van der Waals surface area contributed by atoms with Crippen molar-refractivity contribution in [1.82, 2.24) is 4.31 Å². The predicted octanol–water partition coefficient (Wildman–Crippen LogP) is 0.747. The van der Waals surface area contributed by atoms with Gasteiger partial charge in [0.05, 0.1) is 12.0 Å². The van der Waals surface area contributed by atoms with Gasteiger partial charge in [0.25, 0.3) is 5.69 Å². The topological polar surface area (TPSA) is 116 Å². The van der Waals surface area contributed by atoms with Gasteiger partial charge in [-0.05, 0) is 12.5 Å². The SMILES string of the molecule is COc1ccc([N+](=O)[O-])cc1S(=O)(=O)N1CCC(N)C1.Cl. The molecule has 1 unspecified atom stereocenters. The smallest absolute Gasteiger partial charge is 0.271 e. The van der Waals surface area contributed by atoms with E-state index in [0.717, 1.165) is 6.07 Å². The van der Waals surface area contributed by atoms with Crippen LogP contribution in [0.25, 0.3) is 0 Å². The van der Waals surface area contributed by atoms with E-state index in [1.165, 1.54) is 23.5 Å². The number of non-ortho nitro benzene ring substituents is 1. The molecule has 1 atom stereocenters. The summed E-state index contributed by atoms with van der Waals surface area (Å²) >= 11 is 0. The fourth-order valence-corrected chi connectivity index (χ4v) is 3.78. The number of hydrogen-bond acceptors (Lipinski definition) is 6. The highest BCUT2D eigenvalue weighted by Crippen LogP contribution is 2.31. The van der Waals surface area contributed by atoms with Gasteiger partial charge in [0.1, 0.15) is 10.6 Å². The summed E-state index contributed by atoms with van der Waals surface area (Å²) in [6.45, 7) is 0.503. The summed E-state index contributed by atoms with van der Waals surface area (Å²) in [4.78, 5) is 9.94. The molecule has 0 bridgehead atoms. The van der Waals surface area contributed by atoms with Crippen molar-refractivity contribution in [3.63, 3.8) is 0 Å². The Kier molecular flexibility index (Phi) is 5.51. The molecule has 118 valence electrons. The predicted molar refractivity (Wildman–Crippen MR) is 78.2 cm³/mol. The number of nitrogens with zero attached hydrogens (tertiary/aromatic N) is 2. The van der Waals surface area contributed by atoms with Gasteiger partial charge in [-0.15, -0.1) is 12.4 Å². The number of ether oxygens (including phenoxy) is 1. The van der Waals surface area contributed by atoms with E-state index in [9.17, 15) is 18.5 Å². The van der Waals surface area contributed by atoms with Gasteiger partial charge >= 0.3 is 0 Å². The second-order valence-corrected chi connectivity index (χ2v) is 6.41. The van der Waals surface area contributed by atoms with Crippen molar-refractivity contribution in [2.24, 2.45) is 5.73 Å². The van der Waals surface area contributed by atoms with Crippen LogP contribution in [-0.4, -0.2) is 43.9 Å². The van der Waals surface area contributed by atoms with Crippen molar-refractivity contribution in [3.05, 3.63) is 28.3 Å². The molecular weight excluding hydrogens is 322 g/mol. The fraction of sp³-hybridized carbons (Fsp3) is 0.455. The lowest BCUT2D eigenvalue weighted by molar-refractivity contribution is -0.385. The molecule has 0 spiro atoms. The highest BCUT2D eigenvalue weighted by Gasteiger charge is 2.34. The van der Waals surface area contributed by atoms with Crippen LogP contribution in [0.3, 0.4) is 0 Å². The van der Waals surface area contributed by atoms with Gasteiger partial charge in [0.15, 0.2) is 0 Å². The van der Waals surface area contributed by atoms with Gasteiger partial charge in [-0.25, -0.2) is 8.42 Å². The molecular formula is C11H16ClN3O5S. The summed E-state index contributed by atoms with van der Waals surface area (Å²) in [5, 5.41) is 10.8. The summed E-state index contributed by atoms with van der Waals surface area (Å²) in [7, 11) is -2.53. The molecule has 1 aromatic rings. The average molecular weight is 338 g/mol. The zero-order valence-electron chi connectivity index (χ0n) is 11.3. The van der Waals surface area contributed by atoms with Crippen molar-refractivity contribution in [2.75, 3.05) is 20.2 Å². The van der Waals surface area contributed by atoms with E-state index in [-0.39, 0.29) is 41.3 Å². The first-order valence-electron chi connectivity index (χ1n) is 5.94. The number of nitro benzene ring substituents is 1. The molecule has 1 saturated heterocycles. The van der Waals surface area contributed by atoms with E-state index in [2.05, 4.69) is 0 Å². The molecule has 0 aromatic heterocycles. The lowest BCUT2D eigenvalue weighted by Gasteiger charge is -2.17. The lowest BCUT2D eigenvalue weighted by atomic mass is 10.3. The van der Waals surface area contributed by atoms with Gasteiger partial charge in [-0.2, -0.15) is 4.31 Å². The molecule has 2 N–H and O–H groups in total. The molecule has 0 aliphatic carbocycles. The third kappa shape index (κ3) is 3.43. The summed E-state index contributed by atoms with van der Waals surface area (Å²) in [5.74, 6) is 0.0797. The summed E-state index contributed by atoms with van der Waals surface area (Å²) in [6, 6.07) is 3.28. The minimum Gasteiger partial charge on any atom is -0.495 e. The zero-order valence-corrected chi connectivity index (χ0v) is 12.9. The van der Waals surface area contributed by atoms with Crippen molar-refractivity contribution in [3.8, 4) is 5.75 Å². The Bertz CT molecular complexity index is 637. The average Bonchev–Trinajstić information content (AvgIpc) is 2.85. The van der Waals surface area contributed by atoms with E-state index in [0.29, 0.717) is 13.0 Å². The number of nitrogens with two attached hydrogens (primary N) is 1. The van der Waals surface area contributed by atoms with E-state index in [4.69, 9.17) is 10.5 Å². The highest BCUT2D eigenvalue weighted by molar-refractivity contribution is 7.89. The van der Waals surface area contributed by atoms with Crippen LogP contribution in [0.1, 0.15) is 6.42 Å². The molecule has 1 fully saturated rings. The fourth-order valence-electron chi connectivity index (χ4n) is 2.09. The monoisotopic (exact) mass is 337 g/mol. The number of benzene rings is 1. The van der Waals surface area contributed by atoms with Crippen molar-refractivity contribution in [1.29, 1.82) is 0 Å². The Morgan fingerprint density at radius 1 is 1.48 bits per heavy atom. The van der Waals surface area contributed by atoms with E-state index in [1.54, 1.807) is 0 Å². The Morgan fingerprint density at radius 2 is 2.14 bits per heavy atom. The van der Waals surface area contributed by atoms with Gasteiger partial charge in [-0.3, -0.25) is 10.1 Å². The number of sulfonamides is 1. The van der Waals surface area contributed by atoms with Crippen LogP contribution in [0.2, 0.25) is 0 Å². The second-order valence-electron chi connectivity index (χ2n) is 4.50. The summed E-state index contributed by atoms with van der Waals surface area (Å²) in [6.07, 6.45) is 0.566. The normalized spacial score (nSPS) is 19.0. The lowest BCUT2D eigenvalue weighted by Crippen LogP contribution is -2.32. The van der Waals surface area contributed by atoms with Gasteiger partial charge < -0.3 is 10.5 Å². The number of rotatable bonds is 4. The maximum atomic E-state index is 12.5. The van der Waals surface area contributed by atoms with Crippen molar-refractivity contribution < 1.29 is 18.1 Å². The molecule has 1 aliphatic rings. The van der Waals surface area contributed by atoms with Crippen molar-refractivity contribution >= 4 is 28.1 Å². The first kappa shape index (κ1) is 17.6. The number of halogens is 1. The minimum absolute atomic E-state index is 0. The number of methoxy groups -OCH3 is 1. The summed E-state index contributed by atoms with van der Waals surface area (Å²) < 4.78 is 31.2. The van der Waals surface area contributed by atoms with E-state index in [1.807, 2.05) is 0 Å². The second kappa shape index (κ2) is 6.56. The molecule has 0 saturated carbocycles. The molecule has 10 heteroatoms. The van der Waals surface area contributed by atoms with Crippen LogP contribution in [0, 0.1) is 10.1 Å². The molecule has 0 amide bonds. The van der Waals surface area contributed by atoms with Gasteiger partial charge in [0.2, 0.25) is 10.0 Å². The first-order chi connectivity index (χ1) is 9.36. The van der Waals surface area contributed by atoms with Crippen LogP contribution >= 0.6 is 12.4 Å². The molecule has 8 nitrogen and oxygen atoms in total. The molecule has 21 heavy (non-hydrogen) atoms. The third-order valence-corrected chi connectivity index (χ3v) is 5.05. The molecule has 2 rings (SSSR count). The Balaban J connectivity index is 0.00000220. The summed E-state index contributed by atoms with van der Waals surface area (Å²) in [5.41, 5.74) is 5.40. The van der Waals surface area contributed by atoms with Crippen LogP contribution in [0.15, 0.2) is 23.1 Å². The van der Waals surface area contributed by atoms with Crippen molar-refractivity contribution in [2.45, 2.75) is 17.4 Å². The Labute approximate surface area is 128 Å². The van der Waals surface area contributed by atoms with Gasteiger partial charge in [-0.1, -0.05) is 0 Å².